The van der Waals surface area contributed by atoms with Crippen LogP contribution in [0.2, 0.25) is 0 Å². The molecule has 0 aliphatic heterocycles. The van der Waals surface area contributed by atoms with Gasteiger partial charge in [-0.05, 0) is 36.2 Å². The van der Waals surface area contributed by atoms with Crippen molar-refractivity contribution in [1.82, 2.24) is 10.3 Å². The summed E-state index contributed by atoms with van der Waals surface area (Å²) < 4.78 is 11.5. The third-order valence-corrected chi connectivity index (χ3v) is 3.91. The number of carbonyl (C=O) groups is 1. The molecular formula is C16H17BrN2O3. The maximum Gasteiger partial charge on any atom is 0.251 e. The number of nitrogens with one attached hydrogen (secondary N) is 1. The largest absolute Gasteiger partial charge is 0.493 e. The van der Waals surface area contributed by atoms with Gasteiger partial charge in [0.05, 0.1) is 14.2 Å². The highest BCUT2D eigenvalue weighted by atomic mass is 79.9. The summed E-state index contributed by atoms with van der Waals surface area (Å²) in [5.41, 5.74) is 1.63. The molecule has 0 saturated carbocycles. The molecule has 0 atom stereocenters. The molecular weight excluding hydrogens is 348 g/mol. The molecule has 0 aliphatic carbocycles. The van der Waals surface area contributed by atoms with E-state index in [-0.39, 0.29) is 5.91 Å². The zero-order valence-corrected chi connectivity index (χ0v) is 14.0. The van der Waals surface area contributed by atoms with Crippen LogP contribution < -0.4 is 14.8 Å². The van der Waals surface area contributed by atoms with Crippen molar-refractivity contribution in [2.24, 2.45) is 0 Å². The molecule has 1 amide bonds. The normalized spacial score (nSPS) is 10.1. The van der Waals surface area contributed by atoms with Crippen molar-refractivity contribution in [3.63, 3.8) is 0 Å². The van der Waals surface area contributed by atoms with E-state index < -0.39 is 0 Å². The molecule has 0 bridgehead atoms. The first kappa shape index (κ1) is 16.3. The van der Waals surface area contributed by atoms with E-state index >= 15 is 0 Å². The van der Waals surface area contributed by atoms with Crippen LogP contribution in [0, 0.1) is 0 Å². The first-order valence-electron chi connectivity index (χ1n) is 6.74. The molecule has 0 saturated heterocycles. The molecule has 0 unspecified atom stereocenters. The number of hydrogen-bond donors (Lipinski definition) is 1. The summed E-state index contributed by atoms with van der Waals surface area (Å²) >= 11 is 3.51. The SMILES string of the molecule is COc1cc(Br)c(CCNC(=O)c2ccncc2)cc1OC. The topological polar surface area (TPSA) is 60.5 Å². The Labute approximate surface area is 137 Å². The lowest BCUT2D eigenvalue weighted by Crippen LogP contribution is -2.25. The number of methoxy groups -OCH3 is 2. The molecule has 116 valence electrons. The van der Waals surface area contributed by atoms with Gasteiger partial charge in [-0.2, -0.15) is 0 Å². The minimum atomic E-state index is -0.112. The van der Waals surface area contributed by atoms with E-state index in [1.165, 1.54) is 0 Å². The van der Waals surface area contributed by atoms with E-state index in [4.69, 9.17) is 9.47 Å². The van der Waals surface area contributed by atoms with E-state index in [1.54, 1.807) is 38.7 Å². The number of ether oxygens (including phenoxy) is 2. The molecule has 6 heteroatoms. The second-order valence-corrected chi connectivity index (χ2v) is 5.39. The summed E-state index contributed by atoms with van der Waals surface area (Å²) in [6.45, 7) is 0.523. The average Bonchev–Trinajstić information content (AvgIpc) is 2.56. The van der Waals surface area contributed by atoms with Gasteiger partial charge in [0.2, 0.25) is 0 Å². The Morgan fingerprint density at radius 1 is 1.18 bits per heavy atom. The van der Waals surface area contributed by atoms with Crippen molar-refractivity contribution in [2.45, 2.75) is 6.42 Å². The number of aromatic nitrogens is 1. The summed E-state index contributed by atoms with van der Waals surface area (Å²) in [6, 6.07) is 7.13. The van der Waals surface area contributed by atoms with Crippen LogP contribution in [-0.2, 0) is 6.42 Å². The first-order valence-corrected chi connectivity index (χ1v) is 7.53. The molecule has 1 aromatic carbocycles. The highest BCUT2D eigenvalue weighted by Gasteiger charge is 2.10. The van der Waals surface area contributed by atoms with Crippen molar-refractivity contribution in [3.05, 3.63) is 52.3 Å². The van der Waals surface area contributed by atoms with Crippen LogP contribution in [-0.4, -0.2) is 31.7 Å². The van der Waals surface area contributed by atoms with Gasteiger partial charge in [0, 0.05) is 29.0 Å². The van der Waals surface area contributed by atoms with Gasteiger partial charge in [-0.15, -0.1) is 0 Å². The van der Waals surface area contributed by atoms with Gasteiger partial charge in [-0.1, -0.05) is 15.9 Å². The van der Waals surface area contributed by atoms with Crippen molar-refractivity contribution >= 4 is 21.8 Å². The number of benzene rings is 1. The third kappa shape index (κ3) is 3.98. The predicted octanol–water partition coefficient (Wildman–Crippen LogP) is 2.83. The molecule has 22 heavy (non-hydrogen) atoms. The van der Waals surface area contributed by atoms with Crippen molar-refractivity contribution in [2.75, 3.05) is 20.8 Å². The van der Waals surface area contributed by atoms with Crippen LogP contribution >= 0.6 is 15.9 Å². The fourth-order valence-corrected chi connectivity index (χ4v) is 2.52. The van der Waals surface area contributed by atoms with Crippen LogP contribution in [0.5, 0.6) is 11.5 Å². The second kappa shape index (κ2) is 7.79. The maximum atomic E-state index is 11.9. The molecule has 2 aromatic rings. The Morgan fingerprint density at radius 2 is 1.82 bits per heavy atom. The zero-order valence-electron chi connectivity index (χ0n) is 12.4. The number of nitrogens with zero attached hydrogens (tertiary/aromatic N) is 1. The van der Waals surface area contributed by atoms with E-state index in [0.717, 1.165) is 10.0 Å². The van der Waals surface area contributed by atoms with Crippen LogP contribution in [0.25, 0.3) is 0 Å². The Balaban J connectivity index is 1.98. The molecule has 0 radical (unpaired) electrons. The summed E-state index contributed by atoms with van der Waals surface area (Å²) in [7, 11) is 3.19. The van der Waals surface area contributed by atoms with E-state index in [0.29, 0.717) is 30.0 Å². The fraction of sp³-hybridized carbons (Fsp3) is 0.250. The van der Waals surface area contributed by atoms with Gasteiger partial charge >= 0.3 is 0 Å². The first-order chi connectivity index (χ1) is 10.7. The minimum absolute atomic E-state index is 0.112. The molecule has 1 heterocycles. The molecule has 0 aliphatic rings. The molecule has 1 aromatic heterocycles. The summed E-state index contributed by atoms with van der Waals surface area (Å²) in [4.78, 5) is 15.8. The third-order valence-electron chi connectivity index (χ3n) is 3.17. The van der Waals surface area contributed by atoms with Gasteiger partial charge in [0.15, 0.2) is 11.5 Å². The fourth-order valence-electron chi connectivity index (χ4n) is 2.00. The smallest absolute Gasteiger partial charge is 0.251 e. The Morgan fingerprint density at radius 3 is 2.45 bits per heavy atom. The highest BCUT2D eigenvalue weighted by molar-refractivity contribution is 9.10. The molecule has 5 nitrogen and oxygen atoms in total. The van der Waals surface area contributed by atoms with Crippen LogP contribution in [0.4, 0.5) is 0 Å². The van der Waals surface area contributed by atoms with Gasteiger partial charge < -0.3 is 14.8 Å². The van der Waals surface area contributed by atoms with Gasteiger partial charge in [0.1, 0.15) is 0 Å². The summed E-state index contributed by atoms with van der Waals surface area (Å²) in [5, 5.41) is 2.88. The molecule has 1 N–H and O–H groups in total. The summed E-state index contributed by atoms with van der Waals surface area (Å²) in [5.74, 6) is 1.22. The van der Waals surface area contributed by atoms with Gasteiger partial charge in [0.25, 0.3) is 5.91 Å². The second-order valence-electron chi connectivity index (χ2n) is 4.54. The number of carbonyl (C=O) groups excluding carboxylic acids is 1. The number of pyridine rings is 1. The average molecular weight is 365 g/mol. The number of amides is 1. The van der Waals surface area contributed by atoms with Crippen molar-refractivity contribution in [1.29, 1.82) is 0 Å². The Bertz CT molecular complexity index is 647. The summed E-state index contributed by atoms with van der Waals surface area (Å²) in [6.07, 6.45) is 3.87. The maximum absolute atomic E-state index is 11.9. The number of halogens is 1. The Kier molecular flexibility index (Phi) is 5.77. The predicted molar refractivity (Wildman–Crippen MR) is 87.5 cm³/mol. The van der Waals surface area contributed by atoms with Crippen LogP contribution in [0.3, 0.4) is 0 Å². The van der Waals surface area contributed by atoms with Crippen LogP contribution in [0.1, 0.15) is 15.9 Å². The van der Waals surface area contributed by atoms with Crippen molar-refractivity contribution in [3.8, 4) is 11.5 Å². The standard InChI is InChI=1S/C16H17BrN2O3/c1-21-14-9-12(13(17)10-15(14)22-2)5-8-19-16(20)11-3-6-18-7-4-11/h3-4,6-7,9-10H,5,8H2,1-2H3,(H,19,20). The molecule has 0 spiro atoms. The number of hydrogen-bond acceptors (Lipinski definition) is 4. The quantitative estimate of drug-likeness (QED) is 0.855. The van der Waals surface area contributed by atoms with Crippen molar-refractivity contribution < 1.29 is 14.3 Å². The van der Waals surface area contributed by atoms with E-state index in [2.05, 4.69) is 26.2 Å². The molecule has 2 rings (SSSR count). The monoisotopic (exact) mass is 364 g/mol. The highest BCUT2D eigenvalue weighted by Crippen LogP contribution is 2.33. The lowest BCUT2D eigenvalue weighted by atomic mass is 10.1. The molecule has 0 fully saturated rings. The van der Waals surface area contributed by atoms with Gasteiger partial charge in [-0.25, -0.2) is 0 Å². The lowest BCUT2D eigenvalue weighted by molar-refractivity contribution is 0.0954. The Hall–Kier alpha value is -2.08. The van der Waals surface area contributed by atoms with Crippen LogP contribution in [0.15, 0.2) is 41.1 Å². The number of rotatable bonds is 6. The van der Waals surface area contributed by atoms with E-state index in [9.17, 15) is 4.79 Å². The lowest BCUT2D eigenvalue weighted by Gasteiger charge is -2.12. The zero-order chi connectivity index (χ0) is 15.9. The minimum Gasteiger partial charge on any atom is -0.493 e. The van der Waals surface area contributed by atoms with Gasteiger partial charge in [-0.3, -0.25) is 9.78 Å². The van der Waals surface area contributed by atoms with E-state index in [1.807, 2.05) is 12.1 Å².